The topological polar surface area (TPSA) is 43.4 Å². The van der Waals surface area contributed by atoms with E-state index in [2.05, 4.69) is 10.3 Å². The molecule has 0 aliphatic heterocycles. The van der Waals surface area contributed by atoms with Crippen LogP contribution in [0.25, 0.3) is 0 Å². The lowest BCUT2D eigenvalue weighted by Crippen LogP contribution is -2.32. The second kappa shape index (κ2) is 5.70. The Morgan fingerprint density at radius 2 is 2.07 bits per heavy atom. The second-order valence-electron chi connectivity index (χ2n) is 2.89. The average molecular weight is 196 g/mol. The smallest absolute Gasteiger partial charge is 0.176 e. The number of pyridine rings is 1. The number of methoxy groups -OCH3 is 2. The van der Waals surface area contributed by atoms with E-state index < -0.39 is 0 Å². The van der Waals surface area contributed by atoms with Crippen molar-refractivity contribution >= 4 is 0 Å². The number of rotatable bonds is 5. The van der Waals surface area contributed by atoms with Gasteiger partial charge in [0.15, 0.2) is 6.29 Å². The van der Waals surface area contributed by atoms with Crippen molar-refractivity contribution in [2.75, 3.05) is 21.3 Å². The predicted octanol–water partition coefficient (Wildman–Crippen LogP) is 0.961. The van der Waals surface area contributed by atoms with Crippen LogP contribution >= 0.6 is 0 Å². The fraction of sp³-hybridized carbons (Fsp3) is 0.500. The minimum Gasteiger partial charge on any atom is -0.354 e. The minimum atomic E-state index is -0.302. The molecule has 1 atom stereocenters. The van der Waals surface area contributed by atoms with Crippen molar-refractivity contribution in [2.24, 2.45) is 0 Å². The molecule has 1 aromatic rings. The Labute approximate surface area is 84.3 Å². The van der Waals surface area contributed by atoms with Crippen LogP contribution in [0.2, 0.25) is 0 Å². The zero-order valence-electron chi connectivity index (χ0n) is 8.73. The zero-order valence-corrected chi connectivity index (χ0v) is 8.73. The maximum absolute atomic E-state index is 5.19. The highest BCUT2D eigenvalue weighted by molar-refractivity contribution is 5.14. The Morgan fingerprint density at radius 3 is 2.50 bits per heavy atom. The van der Waals surface area contributed by atoms with Crippen LogP contribution in [0.5, 0.6) is 0 Å². The Hall–Kier alpha value is -0.970. The van der Waals surface area contributed by atoms with Crippen LogP contribution in [0.4, 0.5) is 0 Å². The van der Waals surface area contributed by atoms with Gasteiger partial charge in [-0.1, -0.05) is 6.07 Å². The molecule has 1 N–H and O–H groups in total. The standard InChI is InChI=1S/C10H16N2O2/c1-11-9(10(13-2)14-3)8-5-4-6-12-7-8/h4-7,9-11H,1-3H3. The van der Waals surface area contributed by atoms with E-state index in [1.54, 1.807) is 26.6 Å². The summed E-state index contributed by atoms with van der Waals surface area (Å²) in [6, 6.07) is 3.88. The third kappa shape index (κ3) is 2.51. The van der Waals surface area contributed by atoms with Crippen molar-refractivity contribution in [3.05, 3.63) is 30.1 Å². The van der Waals surface area contributed by atoms with E-state index in [4.69, 9.17) is 9.47 Å². The molecular formula is C10H16N2O2. The summed E-state index contributed by atoms with van der Waals surface area (Å²) in [7, 11) is 5.10. The molecule has 1 unspecified atom stereocenters. The van der Waals surface area contributed by atoms with E-state index in [0.29, 0.717) is 0 Å². The molecule has 0 saturated carbocycles. The van der Waals surface area contributed by atoms with Gasteiger partial charge in [0.25, 0.3) is 0 Å². The van der Waals surface area contributed by atoms with Gasteiger partial charge in [-0.15, -0.1) is 0 Å². The number of nitrogens with zero attached hydrogens (tertiary/aromatic N) is 1. The van der Waals surface area contributed by atoms with Gasteiger partial charge in [-0.3, -0.25) is 4.98 Å². The first-order chi connectivity index (χ1) is 6.83. The Morgan fingerprint density at radius 1 is 1.36 bits per heavy atom. The summed E-state index contributed by atoms with van der Waals surface area (Å²) >= 11 is 0. The fourth-order valence-corrected chi connectivity index (χ4v) is 1.39. The summed E-state index contributed by atoms with van der Waals surface area (Å²) in [6.45, 7) is 0. The molecule has 0 aliphatic carbocycles. The molecule has 1 aromatic heterocycles. The minimum absolute atomic E-state index is 0.00120. The van der Waals surface area contributed by atoms with Gasteiger partial charge in [0.2, 0.25) is 0 Å². The van der Waals surface area contributed by atoms with E-state index in [0.717, 1.165) is 5.56 Å². The number of aromatic nitrogens is 1. The van der Waals surface area contributed by atoms with Gasteiger partial charge in [-0.2, -0.15) is 0 Å². The summed E-state index contributed by atoms with van der Waals surface area (Å²) in [5.74, 6) is 0. The quantitative estimate of drug-likeness (QED) is 0.712. The summed E-state index contributed by atoms with van der Waals surface area (Å²) in [6.07, 6.45) is 3.24. The lowest BCUT2D eigenvalue weighted by atomic mass is 10.1. The molecule has 0 amide bonds. The van der Waals surface area contributed by atoms with Crippen LogP contribution < -0.4 is 5.32 Å². The van der Waals surface area contributed by atoms with Crippen LogP contribution in [-0.2, 0) is 9.47 Å². The normalized spacial score (nSPS) is 13.1. The average Bonchev–Trinajstić information content (AvgIpc) is 2.27. The first-order valence-corrected chi connectivity index (χ1v) is 4.46. The molecule has 4 nitrogen and oxygen atoms in total. The monoisotopic (exact) mass is 196 g/mol. The van der Waals surface area contributed by atoms with Gasteiger partial charge >= 0.3 is 0 Å². The molecule has 78 valence electrons. The molecule has 0 fully saturated rings. The van der Waals surface area contributed by atoms with Crippen molar-refractivity contribution < 1.29 is 9.47 Å². The summed E-state index contributed by atoms with van der Waals surface area (Å²) in [5, 5.41) is 3.13. The largest absolute Gasteiger partial charge is 0.354 e. The lowest BCUT2D eigenvalue weighted by Gasteiger charge is -2.24. The number of nitrogens with one attached hydrogen (secondary N) is 1. The molecule has 4 heteroatoms. The highest BCUT2D eigenvalue weighted by Gasteiger charge is 2.20. The Bertz CT molecular complexity index is 250. The molecule has 0 radical (unpaired) electrons. The van der Waals surface area contributed by atoms with Crippen molar-refractivity contribution in [2.45, 2.75) is 12.3 Å². The van der Waals surface area contributed by atoms with E-state index in [9.17, 15) is 0 Å². The van der Waals surface area contributed by atoms with Crippen molar-refractivity contribution in [3.8, 4) is 0 Å². The van der Waals surface area contributed by atoms with Crippen LogP contribution in [0.15, 0.2) is 24.5 Å². The number of likely N-dealkylation sites (N-methyl/N-ethyl adjacent to an activating group) is 1. The lowest BCUT2D eigenvalue weighted by molar-refractivity contribution is -0.123. The first kappa shape index (κ1) is 11.1. The maximum Gasteiger partial charge on any atom is 0.176 e. The molecule has 1 rings (SSSR count). The predicted molar refractivity (Wildman–Crippen MR) is 53.8 cm³/mol. The number of hydrogen-bond donors (Lipinski definition) is 1. The molecule has 14 heavy (non-hydrogen) atoms. The Balaban J connectivity index is 2.81. The SMILES string of the molecule is CNC(c1cccnc1)C(OC)OC. The molecule has 0 aliphatic rings. The maximum atomic E-state index is 5.19. The number of hydrogen-bond acceptors (Lipinski definition) is 4. The second-order valence-corrected chi connectivity index (χ2v) is 2.89. The third-order valence-electron chi connectivity index (χ3n) is 2.09. The Kier molecular flexibility index (Phi) is 4.52. The van der Waals surface area contributed by atoms with Crippen molar-refractivity contribution in [1.29, 1.82) is 0 Å². The third-order valence-corrected chi connectivity index (χ3v) is 2.09. The van der Waals surface area contributed by atoms with Gasteiger partial charge < -0.3 is 14.8 Å². The van der Waals surface area contributed by atoms with Crippen LogP contribution in [0.1, 0.15) is 11.6 Å². The number of ether oxygens (including phenoxy) is 2. The molecule has 0 spiro atoms. The van der Waals surface area contributed by atoms with Gasteiger partial charge in [0.1, 0.15) is 0 Å². The zero-order chi connectivity index (χ0) is 10.4. The summed E-state index contributed by atoms with van der Waals surface area (Å²) in [4.78, 5) is 4.05. The highest BCUT2D eigenvalue weighted by atomic mass is 16.7. The van der Waals surface area contributed by atoms with E-state index >= 15 is 0 Å². The van der Waals surface area contributed by atoms with Crippen molar-refractivity contribution in [3.63, 3.8) is 0 Å². The van der Waals surface area contributed by atoms with E-state index in [1.807, 2.05) is 19.2 Å². The van der Waals surface area contributed by atoms with Gasteiger partial charge in [-0.05, 0) is 18.7 Å². The fourth-order valence-electron chi connectivity index (χ4n) is 1.39. The van der Waals surface area contributed by atoms with Crippen LogP contribution in [0, 0.1) is 0 Å². The summed E-state index contributed by atoms with van der Waals surface area (Å²) in [5.41, 5.74) is 1.05. The van der Waals surface area contributed by atoms with E-state index in [-0.39, 0.29) is 12.3 Å². The van der Waals surface area contributed by atoms with Crippen LogP contribution in [0.3, 0.4) is 0 Å². The molecule has 0 saturated heterocycles. The van der Waals surface area contributed by atoms with Gasteiger partial charge in [0, 0.05) is 26.6 Å². The molecule has 0 aromatic carbocycles. The van der Waals surface area contributed by atoms with Gasteiger partial charge in [0.05, 0.1) is 6.04 Å². The molecule has 0 bridgehead atoms. The summed E-state index contributed by atoms with van der Waals surface area (Å²) < 4.78 is 10.4. The van der Waals surface area contributed by atoms with Crippen LogP contribution in [-0.4, -0.2) is 32.5 Å². The molecule has 1 heterocycles. The van der Waals surface area contributed by atoms with Crippen molar-refractivity contribution in [1.82, 2.24) is 10.3 Å². The highest BCUT2D eigenvalue weighted by Crippen LogP contribution is 2.17. The first-order valence-electron chi connectivity index (χ1n) is 4.46. The molecular weight excluding hydrogens is 180 g/mol. The van der Waals surface area contributed by atoms with Gasteiger partial charge in [-0.25, -0.2) is 0 Å². The van der Waals surface area contributed by atoms with E-state index in [1.165, 1.54) is 0 Å².